The molecule has 0 radical (unpaired) electrons. The van der Waals surface area contributed by atoms with Crippen molar-refractivity contribution < 1.29 is 51.6 Å². The molecule has 63 heavy (non-hydrogen) atoms. The molecule has 334 valence electrons. The van der Waals surface area contributed by atoms with Gasteiger partial charge < -0.3 is 23.7 Å². The van der Waals surface area contributed by atoms with Crippen LogP contribution in [-0.2, 0) is 19.0 Å². The number of carbonyl (C=O) groups is 4. The Morgan fingerprint density at radius 2 is 1.21 bits per heavy atom. The van der Waals surface area contributed by atoms with Crippen LogP contribution in [0.15, 0.2) is 101 Å². The zero-order valence-electron chi connectivity index (χ0n) is 37.9. The molecule has 0 unspecified atom stereocenters. The predicted molar refractivity (Wildman–Crippen MR) is 233 cm³/mol. The minimum atomic E-state index is -1.47. The standard InChI is InChI=1S/C52H58F2O9/c1-30(2)11-18-35-28-51-29-36(19-12-31(3)4)50(9,10)61-44(51)42(47(58)62-52(51)41(49(35,7)8)25-26-48(5,6)63-52)43(55)34-17-24-39(59-45(56)32-13-20-37(53)21-14-32)40(27-34)60-46(57)33-15-22-38(54)23-16-33/h11-17,20-24,27,35-36,41H,18-19,25-26,28-29H2,1-10H3/t35-,36+,41-,51+,52-/m1/s1. The van der Waals surface area contributed by atoms with Crippen LogP contribution in [0, 0.1) is 40.2 Å². The molecule has 3 aromatic carbocycles. The van der Waals surface area contributed by atoms with Gasteiger partial charge in [-0.15, -0.1) is 0 Å². The molecule has 0 amide bonds. The van der Waals surface area contributed by atoms with Gasteiger partial charge in [0.2, 0.25) is 11.6 Å². The first-order chi connectivity index (χ1) is 29.5. The van der Waals surface area contributed by atoms with Crippen LogP contribution in [0.5, 0.6) is 11.5 Å². The second kappa shape index (κ2) is 16.6. The van der Waals surface area contributed by atoms with Gasteiger partial charge in [0.1, 0.15) is 28.6 Å². The van der Waals surface area contributed by atoms with Gasteiger partial charge in [-0.1, -0.05) is 37.1 Å². The van der Waals surface area contributed by atoms with E-state index in [1.165, 1.54) is 48.0 Å². The summed E-state index contributed by atoms with van der Waals surface area (Å²) in [7, 11) is 0. The van der Waals surface area contributed by atoms with Gasteiger partial charge in [-0.3, -0.25) is 4.79 Å². The lowest BCUT2D eigenvalue weighted by Crippen LogP contribution is -2.74. The Morgan fingerprint density at radius 1 is 0.698 bits per heavy atom. The van der Waals surface area contributed by atoms with Crippen molar-refractivity contribution >= 4 is 23.7 Å². The maximum atomic E-state index is 15.3. The molecule has 3 aliphatic heterocycles. The number of Topliss-reactive ketones (excluding diaryl/α,β-unsaturated/α-hetero) is 1. The molecule has 2 spiro atoms. The van der Waals surface area contributed by atoms with Gasteiger partial charge in [0.15, 0.2) is 11.5 Å². The molecule has 4 aliphatic rings. The predicted octanol–water partition coefficient (Wildman–Crippen LogP) is 11.9. The molecule has 0 bridgehead atoms. The fraction of sp³-hybridized carbons (Fsp3) is 0.462. The largest absolute Gasteiger partial charge is 0.490 e. The molecule has 7 rings (SSSR count). The van der Waals surface area contributed by atoms with Gasteiger partial charge in [-0.2, -0.15) is 0 Å². The molecule has 3 fully saturated rings. The summed E-state index contributed by atoms with van der Waals surface area (Å²) in [5.41, 5.74) is -0.989. The summed E-state index contributed by atoms with van der Waals surface area (Å²) in [6.45, 7) is 20.8. The summed E-state index contributed by atoms with van der Waals surface area (Å²) in [6.07, 6.45) is 8.38. The molecule has 1 saturated carbocycles. The highest BCUT2D eigenvalue weighted by Gasteiger charge is 2.77. The van der Waals surface area contributed by atoms with Crippen LogP contribution in [-0.4, -0.2) is 40.7 Å². The van der Waals surface area contributed by atoms with Crippen molar-refractivity contribution in [3.63, 3.8) is 0 Å². The average Bonchev–Trinajstić information content (AvgIpc) is 3.19. The Hall–Kier alpha value is -5.42. The van der Waals surface area contributed by atoms with Crippen LogP contribution in [0.3, 0.4) is 0 Å². The monoisotopic (exact) mass is 864 g/mol. The molecule has 0 N–H and O–H groups in total. The van der Waals surface area contributed by atoms with Crippen molar-refractivity contribution in [2.45, 2.75) is 125 Å². The van der Waals surface area contributed by atoms with Gasteiger partial charge in [0.25, 0.3) is 0 Å². The quantitative estimate of drug-likeness (QED) is 0.0646. The Kier molecular flexibility index (Phi) is 12.0. The molecule has 3 aromatic rings. The average molecular weight is 865 g/mol. The van der Waals surface area contributed by atoms with Crippen molar-refractivity contribution in [1.82, 2.24) is 0 Å². The van der Waals surface area contributed by atoms with E-state index >= 15 is 4.79 Å². The molecule has 1 aliphatic carbocycles. The number of benzene rings is 3. The topological polar surface area (TPSA) is 114 Å². The molecule has 9 nitrogen and oxygen atoms in total. The lowest BCUT2D eigenvalue weighted by molar-refractivity contribution is -0.407. The van der Waals surface area contributed by atoms with Gasteiger partial charge in [0, 0.05) is 17.4 Å². The van der Waals surface area contributed by atoms with Crippen molar-refractivity contribution in [2.24, 2.45) is 28.6 Å². The number of hydrogen-bond donors (Lipinski definition) is 0. The Labute approximate surface area is 368 Å². The summed E-state index contributed by atoms with van der Waals surface area (Å²) < 4.78 is 60.1. The smallest absolute Gasteiger partial charge is 0.348 e. The second-order valence-electron chi connectivity index (χ2n) is 19.9. The van der Waals surface area contributed by atoms with E-state index in [2.05, 4.69) is 53.7 Å². The van der Waals surface area contributed by atoms with Crippen molar-refractivity contribution in [3.05, 3.63) is 130 Å². The number of halogens is 2. The lowest BCUT2D eigenvalue weighted by atomic mass is 9.44. The third-order valence-electron chi connectivity index (χ3n) is 13.8. The van der Waals surface area contributed by atoms with Gasteiger partial charge in [-0.25, -0.2) is 23.2 Å². The normalized spacial score (nSPS) is 26.3. The highest BCUT2D eigenvalue weighted by molar-refractivity contribution is 6.25. The van der Waals surface area contributed by atoms with Crippen molar-refractivity contribution in [3.8, 4) is 11.5 Å². The summed E-state index contributed by atoms with van der Waals surface area (Å²) in [4.78, 5) is 57.0. The Morgan fingerprint density at radius 3 is 1.76 bits per heavy atom. The minimum absolute atomic E-state index is 0.00779. The maximum Gasteiger partial charge on any atom is 0.348 e. The Balaban J connectivity index is 1.41. The van der Waals surface area contributed by atoms with Crippen LogP contribution in [0.25, 0.3) is 0 Å². The molecule has 5 atom stereocenters. The molecule has 0 aromatic heterocycles. The van der Waals surface area contributed by atoms with E-state index in [9.17, 15) is 23.2 Å². The fourth-order valence-corrected chi connectivity index (χ4v) is 10.2. The van der Waals surface area contributed by atoms with Gasteiger partial charge in [0.05, 0.1) is 22.1 Å². The number of hydrogen-bond acceptors (Lipinski definition) is 9. The number of allylic oxidation sites excluding steroid dienone is 4. The third kappa shape index (κ3) is 8.53. The first-order valence-electron chi connectivity index (χ1n) is 21.8. The zero-order valence-corrected chi connectivity index (χ0v) is 37.9. The van der Waals surface area contributed by atoms with Crippen LogP contribution >= 0.6 is 0 Å². The van der Waals surface area contributed by atoms with E-state index in [0.717, 1.165) is 49.1 Å². The zero-order chi connectivity index (χ0) is 45.9. The highest BCUT2D eigenvalue weighted by atomic mass is 19.1. The number of esters is 3. The van der Waals surface area contributed by atoms with E-state index in [1.807, 2.05) is 27.7 Å². The molecular weight excluding hydrogens is 807 g/mol. The number of ketones is 1. The SMILES string of the molecule is CC(C)=CC[C@H]1C[C@]23C[C@@H](CC=C(C)C)C(C)(C)[C@H]4CCC(C)(C)O[C@]42OC(=O)C(C(=O)c2ccc(OC(=O)c4ccc(F)cc4)c(OC(=O)c4ccc(F)cc4)c2)=C3OC1(C)C. The number of carbonyl (C=O) groups excluding carboxylic acids is 4. The lowest BCUT2D eigenvalue weighted by Gasteiger charge is -2.70. The van der Waals surface area contributed by atoms with Crippen LogP contribution in [0.4, 0.5) is 8.78 Å². The van der Waals surface area contributed by atoms with Crippen molar-refractivity contribution in [2.75, 3.05) is 0 Å². The highest BCUT2D eigenvalue weighted by Crippen LogP contribution is 2.72. The third-order valence-corrected chi connectivity index (χ3v) is 13.8. The van der Waals surface area contributed by atoms with Crippen LogP contribution in [0.1, 0.15) is 139 Å². The molecule has 11 heteroatoms. The fourth-order valence-electron chi connectivity index (χ4n) is 10.2. The summed E-state index contributed by atoms with van der Waals surface area (Å²) in [5, 5.41) is 0. The molecule has 3 heterocycles. The summed E-state index contributed by atoms with van der Waals surface area (Å²) in [6, 6.07) is 13.1. The van der Waals surface area contributed by atoms with E-state index in [0.29, 0.717) is 19.3 Å². The van der Waals surface area contributed by atoms with Gasteiger partial charge >= 0.3 is 17.9 Å². The molecular formula is C52H58F2O9. The summed E-state index contributed by atoms with van der Waals surface area (Å²) in [5.74, 6) is -6.65. The number of ether oxygens (including phenoxy) is 5. The van der Waals surface area contributed by atoms with E-state index in [-0.39, 0.29) is 62.7 Å². The molecule has 2 saturated heterocycles. The second-order valence-corrected chi connectivity index (χ2v) is 19.9. The number of rotatable bonds is 10. The van der Waals surface area contributed by atoms with E-state index < -0.39 is 57.7 Å². The van der Waals surface area contributed by atoms with Crippen molar-refractivity contribution in [1.29, 1.82) is 0 Å². The van der Waals surface area contributed by atoms with Crippen LogP contribution < -0.4 is 9.47 Å². The van der Waals surface area contributed by atoms with Gasteiger partial charge in [-0.05, 0) is 172 Å². The first kappa shape index (κ1) is 45.6. The van der Waals surface area contributed by atoms with E-state index in [1.54, 1.807) is 0 Å². The summed E-state index contributed by atoms with van der Waals surface area (Å²) >= 11 is 0. The first-order valence-corrected chi connectivity index (χ1v) is 21.8. The minimum Gasteiger partial charge on any atom is -0.490 e. The Bertz CT molecular complexity index is 2410. The van der Waals surface area contributed by atoms with Crippen LogP contribution in [0.2, 0.25) is 0 Å². The maximum absolute atomic E-state index is 15.3. The van der Waals surface area contributed by atoms with E-state index in [4.69, 9.17) is 23.7 Å².